The summed E-state index contributed by atoms with van der Waals surface area (Å²) < 4.78 is 0. The van der Waals surface area contributed by atoms with Crippen LogP contribution in [0.4, 0.5) is 0 Å². The maximum Gasteiger partial charge on any atom is 0.224 e. The maximum absolute atomic E-state index is 12.1. The largest absolute Gasteiger partial charge is 0.335 e. The van der Waals surface area contributed by atoms with E-state index in [0.29, 0.717) is 12.5 Å². The van der Waals surface area contributed by atoms with Crippen molar-refractivity contribution in [3.05, 3.63) is 21.9 Å². The van der Waals surface area contributed by atoms with E-state index < -0.39 is 0 Å². The highest BCUT2D eigenvalue weighted by Crippen LogP contribution is 2.35. The molecule has 1 N–H and O–H groups in total. The lowest BCUT2D eigenvalue weighted by Gasteiger charge is -2.24. The molecule has 1 unspecified atom stereocenters. The molecular formula is C13H21ClN2OS. The van der Waals surface area contributed by atoms with Crippen molar-refractivity contribution in [1.82, 2.24) is 10.2 Å². The Bertz CT molecular complexity index is 394. The summed E-state index contributed by atoms with van der Waals surface area (Å²) in [6, 6.07) is 4.65. The highest BCUT2D eigenvalue weighted by atomic mass is 35.5. The summed E-state index contributed by atoms with van der Waals surface area (Å²) in [5.74, 6) is 0.285. The first-order valence-electron chi connectivity index (χ1n) is 6.23. The maximum atomic E-state index is 12.1. The highest BCUT2D eigenvalue weighted by molar-refractivity contribution is 7.12. The number of carbonyl (C=O) groups excluding carboxylic acids is 1. The van der Waals surface area contributed by atoms with Gasteiger partial charge in [0.2, 0.25) is 5.91 Å². The summed E-state index contributed by atoms with van der Waals surface area (Å²) in [5.41, 5.74) is 0. The van der Waals surface area contributed by atoms with E-state index in [2.05, 4.69) is 29.3 Å². The van der Waals surface area contributed by atoms with E-state index in [-0.39, 0.29) is 18.3 Å². The lowest BCUT2D eigenvalue weighted by Crippen LogP contribution is -2.32. The Kier molecular flexibility index (Phi) is 6.12. The summed E-state index contributed by atoms with van der Waals surface area (Å²) in [7, 11) is 1.89. The quantitative estimate of drug-likeness (QED) is 0.924. The van der Waals surface area contributed by atoms with Gasteiger partial charge in [-0.25, -0.2) is 0 Å². The van der Waals surface area contributed by atoms with Crippen molar-refractivity contribution in [3.63, 3.8) is 0 Å². The van der Waals surface area contributed by atoms with Crippen molar-refractivity contribution >= 4 is 29.7 Å². The SMILES string of the molecule is CNCCC(=O)N1CCCC1c1ccc(C)s1.Cl. The number of halogens is 1. The molecule has 5 heteroatoms. The number of amides is 1. The van der Waals surface area contributed by atoms with Gasteiger partial charge < -0.3 is 10.2 Å². The van der Waals surface area contributed by atoms with Crippen LogP contribution >= 0.6 is 23.7 Å². The highest BCUT2D eigenvalue weighted by Gasteiger charge is 2.30. The number of carbonyl (C=O) groups is 1. The van der Waals surface area contributed by atoms with Crippen LogP contribution in [0.5, 0.6) is 0 Å². The second kappa shape index (κ2) is 7.12. The number of rotatable bonds is 4. The molecule has 2 rings (SSSR count). The van der Waals surface area contributed by atoms with Gasteiger partial charge in [0.1, 0.15) is 0 Å². The second-order valence-corrected chi connectivity index (χ2v) is 5.87. The van der Waals surface area contributed by atoms with Gasteiger partial charge in [-0.2, -0.15) is 0 Å². The first-order valence-corrected chi connectivity index (χ1v) is 7.04. The van der Waals surface area contributed by atoms with Crippen LogP contribution in [-0.4, -0.2) is 30.9 Å². The number of aryl methyl sites for hydroxylation is 1. The Hall–Kier alpha value is -0.580. The van der Waals surface area contributed by atoms with Crippen LogP contribution in [0.1, 0.15) is 35.1 Å². The van der Waals surface area contributed by atoms with E-state index in [1.807, 2.05) is 18.4 Å². The fraction of sp³-hybridized carbons (Fsp3) is 0.615. The van der Waals surface area contributed by atoms with Gasteiger partial charge in [-0.15, -0.1) is 23.7 Å². The molecule has 1 saturated heterocycles. The van der Waals surface area contributed by atoms with Crippen molar-refractivity contribution in [2.24, 2.45) is 0 Å². The van der Waals surface area contributed by atoms with E-state index in [1.54, 1.807) is 0 Å². The molecule has 0 saturated carbocycles. The third-order valence-corrected chi connectivity index (χ3v) is 4.35. The Morgan fingerprint density at radius 3 is 2.94 bits per heavy atom. The van der Waals surface area contributed by atoms with Gasteiger partial charge in [0.15, 0.2) is 0 Å². The monoisotopic (exact) mass is 288 g/mol. The fourth-order valence-electron chi connectivity index (χ4n) is 2.37. The van der Waals surface area contributed by atoms with Crippen molar-refractivity contribution < 1.29 is 4.79 Å². The van der Waals surface area contributed by atoms with Crippen LogP contribution < -0.4 is 5.32 Å². The molecule has 0 radical (unpaired) electrons. The summed E-state index contributed by atoms with van der Waals surface area (Å²) in [6.07, 6.45) is 2.86. The number of hydrogen-bond acceptors (Lipinski definition) is 3. The van der Waals surface area contributed by atoms with E-state index in [1.165, 1.54) is 9.75 Å². The first-order chi connectivity index (χ1) is 8.22. The van der Waals surface area contributed by atoms with Crippen LogP contribution in [0.25, 0.3) is 0 Å². The van der Waals surface area contributed by atoms with Gasteiger partial charge in [0.25, 0.3) is 0 Å². The molecule has 1 amide bonds. The average molecular weight is 289 g/mol. The van der Waals surface area contributed by atoms with Gasteiger partial charge >= 0.3 is 0 Å². The molecule has 1 fully saturated rings. The molecule has 0 bridgehead atoms. The fourth-order valence-corrected chi connectivity index (χ4v) is 3.39. The van der Waals surface area contributed by atoms with Crippen LogP contribution in [-0.2, 0) is 4.79 Å². The molecule has 1 aromatic heterocycles. The predicted octanol–water partition coefficient (Wildman–Crippen LogP) is 2.75. The zero-order valence-electron chi connectivity index (χ0n) is 10.9. The van der Waals surface area contributed by atoms with Crippen LogP contribution in [0.3, 0.4) is 0 Å². The summed E-state index contributed by atoms with van der Waals surface area (Å²) >= 11 is 1.82. The van der Waals surface area contributed by atoms with Gasteiger partial charge in [-0.3, -0.25) is 4.79 Å². The molecule has 2 heterocycles. The van der Waals surface area contributed by atoms with Crippen LogP contribution in [0.15, 0.2) is 12.1 Å². The third-order valence-electron chi connectivity index (χ3n) is 3.25. The number of nitrogens with one attached hydrogen (secondary N) is 1. The molecule has 102 valence electrons. The minimum Gasteiger partial charge on any atom is -0.335 e. The molecule has 0 aliphatic carbocycles. The van der Waals surface area contributed by atoms with E-state index >= 15 is 0 Å². The van der Waals surface area contributed by atoms with Crippen molar-refractivity contribution in [3.8, 4) is 0 Å². The van der Waals surface area contributed by atoms with E-state index in [0.717, 1.165) is 25.9 Å². The van der Waals surface area contributed by atoms with Crippen molar-refractivity contribution in [1.29, 1.82) is 0 Å². The second-order valence-electron chi connectivity index (χ2n) is 4.55. The van der Waals surface area contributed by atoms with Crippen molar-refractivity contribution in [2.45, 2.75) is 32.2 Å². The van der Waals surface area contributed by atoms with Gasteiger partial charge in [-0.05, 0) is 38.9 Å². The third kappa shape index (κ3) is 3.46. The van der Waals surface area contributed by atoms with Crippen LogP contribution in [0.2, 0.25) is 0 Å². The number of nitrogens with zero attached hydrogens (tertiary/aromatic N) is 1. The minimum atomic E-state index is 0. The van der Waals surface area contributed by atoms with Crippen molar-refractivity contribution in [2.75, 3.05) is 20.1 Å². The molecule has 3 nitrogen and oxygen atoms in total. The smallest absolute Gasteiger partial charge is 0.224 e. The molecule has 0 aromatic carbocycles. The van der Waals surface area contributed by atoms with Gasteiger partial charge in [0, 0.05) is 29.3 Å². The molecule has 1 aliphatic rings. The van der Waals surface area contributed by atoms with E-state index in [9.17, 15) is 4.79 Å². The number of likely N-dealkylation sites (tertiary alicyclic amines) is 1. The standard InChI is InChI=1S/C13H20N2OS.ClH/c1-10-5-6-12(17-10)11-4-3-9-15(11)13(16)7-8-14-2;/h5-6,11,14H,3-4,7-9H2,1-2H3;1H. The van der Waals surface area contributed by atoms with Crippen LogP contribution in [0, 0.1) is 6.92 Å². The first kappa shape index (κ1) is 15.5. The normalized spacial score (nSPS) is 18.8. The topological polar surface area (TPSA) is 32.3 Å². The Balaban J connectivity index is 0.00000162. The molecule has 1 aliphatic heterocycles. The average Bonchev–Trinajstić information content (AvgIpc) is 2.93. The Labute approximate surface area is 119 Å². The van der Waals surface area contributed by atoms with E-state index in [4.69, 9.17) is 0 Å². The predicted molar refractivity (Wildman–Crippen MR) is 78.5 cm³/mol. The summed E-state index contributed by atoms with van der Waals surface area (Å²) in [6.45, 7) is 3.81. The minimum absolute atomic E-state index is 0. The summed E-state index contributed by atoms with van der Waals surface area (Å²) in [4.78, 5) is 16.8. The molecular weight excluding hydrogens is 268 g/mol. The Morgan fingerprint density at radius 2 is 2.33 bits per heavy atom. The number of thiophene rings is 1. The lowest BCUT2D eigenvalue weighted by molar-refractivity contribution is -0.131. The summed E-state index contributed by atoms with van der Waals surface area (Å²) in [5, 5.41) is 3.04. The van der Waals surface area contributed by atoms with Gasteiger partial charge in [0.05, 0.1) is 6.04 Å². The van der Waals surface area contributed by atoms with Gasteiger partial charge in [-0.1, -0.05) is 0 Å². The molecule has 18 heavy (non-hydrogen) atoms. The zero-order chi connectivity index (χ0) is 12.3. The lowest BCUT2D eigenvalue weighted by atomic mass is 10.2. The Morgan fingerprint density at radius 1 is 1.56 bits per heavy atom. The zero-order valence-corrected chi connectivity index (χ0v) is 12.6. The molecule has 0 spiro atoms. The number of hydrogen-bond donors (Lipinski definition) is 1. The molecule has 1 atom stereocenters. The molecule has 1 aromatic rings.